The van der Waals surface area contributed by atoms with Gasteiger partial charge in [-0.15, -0.1) is 0 Å². The van der Waals surface area contributed by atoms with Gasteiger partial charge in [0.15, 0.2) is 0 Å². The number of carboxylic acids is 1. The van der Waals surface area contributed by atoms with Gasteiger partial charge in [-0.2, -0.15) is 0 Å². The van der Waals surface area contributed by atoms with Crippen molar-refractivity contribution in [2.45, 2.75) is 19.4 Å². The van der Waals surface area contributed by atoms with Crippen LogP contribution in [-0.4, -0.2) is 27.6 Å². The summed E-state index contributed by atoms with van der Waals surface area (Å²) < 4.78 is 1.67. The number of benzene rings is 1. The van der Waals surface area contributed by atoms with Crippen LogP contribution in [0.5, 0.6) is 0 Å². The number of nitrogens with two attached hydrogens (primary N) is 1. The monoisotopic (exact) mass is 289 g/mol. The lowest BCUT2D eigenvalue weighted by Crippen LogP contribution is -2.37. The van der Waals surface area contributed by atoms with Gasteiger partial charge in [-0.1, -0.05) is 18.2 Å². The Labute approximate surface area is 120 Å². The zero-order chi connectivity index (χ0) is 15.4. The van der Waals surface area contributed by atoms with Gasteiger partial charge in [0.2, 0.25) is 5.91 Å². The maximum absolute atomic E-state index is 11.6. The third-order valence-electron chi connectivity index (χ3n) is 3.06. The number of rotatable bonds is 5. The van der Waals surface area contributed by atoms with Gasteiger partial charge < -0.3 is 15.4 Å². The largest absolute Gasteiger partial charge is 0.481 e. The van der Waals surface area contributed by atoms with E-state index >= 15 is 0 Å². The molecule has 2 aromatic rings. The molecule has 0 spiro atoms. The summed E-state index contributed by atoms with van der Waals surface area (Å²) in [6.45, 7) is -0.0590. The minimum atomic E-state index is -0.900. The molecule has 0 radical (unpaired) electrons. The molecule has 0 bridgehead atoms. The van der Waals surface area contributed by atoms with Gasteiger partial charge in [0.05, 0.1) is 0 Å². The Kier molecular flexibility index (Phi) is 4.22. The second-order valence-corrected chi connectivity index (χ2v) is 4.61. The van der Waals surface area contributed by atoms with Crippen molar-refractivity contribution in [1.29, 1.82) is 0 Å². The zero-order valence-electron chi connectivity index (χ0n) is 11.2. The van der Waals surface area contributed by atoms with Gasteiger partial charge in [0.25, 0.3) is 0 Å². The van der Waals surface area contributed by atoms with Crippen LogP contribution in [-0.2, 0) is 22.6 Å². The number of hydrogen-bond donors (Lipinski definition) is 3. The third kappa shape index (κ3) is 3.59. The lowest BCUT2D eigenvalue weighted by molar-refractivity contribution is -0.137. The van der Waals surface area contributed by atoms with Gasteiger partial charge in [0.1, 0.15) is 6.54 Å². The summed E-state index contributed by atoms with van der Waals surface area (Å²) in [7, 11) is 0. The molecule has 0 aliphatic rings. The fourth-order valence-electron chi connectivity index (χ4n) is 2.23. The average molecular weight is 289 g/mol. The normalized spacial score (nSPS) is 10.5. The first-order valence-corrected chi connectivity index (χ1v) is 6.35. The molecule has 3 amide bonds. The number of carboxylic acid groups (broad SMARTS) is 1. The molecular weight excluding hydrogens is 274 g/mol. The van der Waals surface area contributed by atoms with Gasteiger partial charge in [-0.05, 0) is 18.1 Å². The summed E-state index contributed by atoms with van der Waals surface area (Å²) in [6, 6.07) is 6.47. The number of imide groups is 1. The van der Waals surface area contributed by atoms with Crippen molar-refractivity contribution in [1.82, 2.24) is 9.88 Å². The first-order chi connectivity index (χ1) is 9.97. The molecule has 1 heterocycles. The second-order valence-electron chi connectivity index (χ2n) is 4.61. The minimum absolute atomic E-state index is 0.0154. The number of aliphatic carboxylic acids is 1. The Morgan fingerprint density at radius 1 is 1.24 bits per heavy atom. The SMILES string of the molecule is NC(=O)NC(=O)Cn1cc(CCC(=O)O)c2ccccc21. The zero-order valence-corrected chi connectivity index (χ0v) is 11.2. The topological polar surface area (TPSA) is 114 Å². The molecule has 1 aromatic heterocycles. The highest BCUT2D eigenvalue weighted by Gasteiger charge is 2.12. The smallest absolute Gasteiger partial charge is 0.318 e. The summed E-state index contributed by atoms with van der Waals surface area (Å²) in [5.41, 5.74) is 6.55. The highest BCUT2D eigenvalue weighted by molar-refractivity contribution is 5.94. The van der Waals surface area contributed by atoms with E-state index in [-0.39, 0.29) is 13.0 Å². The molecule has 0 saturated carbocycles. The van der Waals surface area contributed by atoms with Gasteiger partial charge in [-0.3, -0.25) is 14.9 Å². The molecule has 0 aliphatic heterocycles. The van der Waals surface area contributed by atoms with E-state index in [0.29, 0.717) is 6.42 Å². The van der Waals surface area contributed by atoms with Crippen LogP contribution in [0.1, 0.15) is 12.0 Å². The van der Waals surface area contributed by atoms with Crippen molar-refractivity contribution >= 4 is 28.8 Å². The standard InChI is InChI=1S/C14H15N3O4/c15-14(21)16-12(18)8-17-7-9(5-6-13(19)20)10-3-1-2-4-11(10)17/h1-4,7H,5-6,8H2,(H,19,20)(H3,15,16,18,21). The van der Waals surface area contributed by atoms with Crippen LogP contribution in [0.4, 0.5) is 4.79 Å². The lowest BCUT2D eigenvalue weighted by atomic mass is 10.1. The third-order valence-corrected chi connectivity index (χ3v) is 3.06. The number of nitrogens with zero attached hydrogens (tertiary/aromatic N) is 1. The van der Waals surface area contributed by atoms with Crippen molar-refractivity contribution in [3.05, 3.63) is 36.0 Å². The number of amides is 3. The summed E-state index contributed by atoms with van der Waals surface area (Å²) >= 11 is 0. The Balaban J connectivity index is 2.29. The highest BCUT2D eigenvalue weighted by atomic mass is 16.4. The Morgan fingerprint density at radius 3 is 2.62 bits per heavy atom. The van der Waals surface area contributed by atoms with Gasteiger partial charge >= 0.3 is 12.0 Å². The number of aryl methyl sites for hydroxylation is 1. The number of para-hydroxylation sites is 1. The number of urea groups is 1. The highest BCUT2D eigenvalue weighted by Crippen LogP contribution is 2.22. The first-order valence-electron chi connectivity index (χ1n) is 6.35. The minimum Gasteiger partial charge on any atom is -0.481 e. The van der Waals surface area contributed by atoms with E-state index in [1.165, 1.54) is 0 Å². The summed E-state index contributed by atoms with van der Waals surface area (Å²) in [5, 5.41) is 11.7. The fourth-order valence-corrected chi connectivity index (χ4v) is 2.23. The van der Waals surface area contributed by atoms with E-state index in [2.05, 4.69) is 0 Å². The maximum Gasteiger partial charge on any atom is 0.318 e. The predicted octanol–water partition coefficient (Wildman–Crippen LogP) is 0.853. The molecule has 21 heavy (non-hydrogen) atoms. The van der Waals surface area contributed by atoms with Crippen LogP contribution in [0.3, 0.4) is 0 Å². The molecule has 110 valence electrons. The molecule has 0 unspecified atom stereocenters. The molecular formula is C14H15N3O4. The van der Waals surface area contributed by atoms with E-state index in [4.69, 9.17) is 10.8 Å². The number of carbonyl (C=O) groups is 3. The number of fused-ring (bicyclic) bond motifs is 1. The van der Waals surface area contributed by atoms with Crippen LogP contribution in [0.15, 0.2) is 30.5 Å². The number of aromatic nitrogens is 1. The predicted molar refractivity (Wildman–Crippen MR) is 75.6 cm³/mol. The van der Waals surface area contributed by atoms with Crippen molar-refractivity contribution < 1.29 is 19.5 Å². The Hall–Kier alpha value is -2.83. The molecule has 0 atom stereocenters. The van der Waals surface area contributed by atoms with Crippen molar-refractivity contribution in [2.75, 3.05) is 0 Å². The number of nitrogens with one attached hydrogen (secondary N) is 1. The summed E-state index contributed by atoms with van der Waals surface area (Å²) in [4.78, 5) is 33.0. The molecule has 4 N–H and O–H groups in total. The molecule has 7 nitrogen and oxygen atoms in total. The van der Waals surface area contributed by atoms with Crippen LogP contribution in [0.25, 0.3) is 10.9 Å². The van der Waals surface area contributed by atoms with Gasteiger partial charge in [0, 0.05) is 23.5 Å². The van der Waals surface area contributed by atoms with E-state index < -0.39 is 17.9 Å². The number of carbonyl (C=O) groups excluding carboxylic acids is 2. The van der Waals surface area contributed by atoms with Crippen LogP contribution in [0, 0.1) is 0 Å². The molecule has 0 saturated heterocycles. The van der Waals surface area contributed by atoms with Gasteiger partial charge in [-0.25, -0.2) is 4.79 Å². The van der Waals surface area contributed by atoms with E-state index in [1.54, 1.807) is 10.8 Å². The molecule has 1 aromatic carbocycles. The van der Waals surface area contributed by atoms with Crippen molar-refractivity contribution in [3.63, 3.8) is 0 Å². The average Bonchev–Trinajstić information content (AvgIpc) is 2.74. The second kappa shape index (κ2) is 6.08. The van der Waals surface area contributed by atoms with Crippen LogP contribution < -0.4 is 11.1 Å². The van der Waals surface area contributed by atoms with E-state index in [0.717, 1.165) is 16.5 Å². The lowest BCUT2D eigenvalue weighted by Gasteiger charge is -2.04. The molecule has 7 heteroatoms. The van der Waals surface area contributed by atoms with Crippen molar-refractivity contribution in [3.8, 4) is 0 Å². The summed E-state index contributed by atoms with van der Waals surface area (Å²) in [5.74, 6) is -1.40. The quantitative estimate of drug-likeness (QED) is 0.757. The maximum atomic E-state index is 11.6. The van der Waals surface area contributed by atoms with E-state index in [9.17, 15) is 14.4 Å². The van der Waals surface area contributed by atoms with Crippen LogP contribution in [0.2, 0.25) is 0 Å². The summed E-state index contributed by atoms with van der Waals surface area (Å²) in [6.07, 6.45) is 2.12. The first kappa shape index (κ1) is 14.6. The number of hydrogen-bond acceptors (Lipinski definition) is 3. The molecule has 0 fully saturated rings. The van der Waals surface area contributed by atoms with Crippen LogP contribution >= 0.6 is 0 Å². The molecule has 2 rings (SSSR count). The molecule has 0 aliphatic carbocycles. The fraction of sp³-hybridized carbons (Fsp3) is 0.214. The van der Waals surface area contributed by atoms with Crippen molar-refractivity contribution in [2.24, 2.45) is 5.73 Å². The Bertz CT molecular complexity index is 705. The Morgan fingerprint density at radius 2 is 1.95 bits per heavy atom. The van der Waals surface area contributed by atoms with E-state index in [1.807, 2.05) is 29.6 Å². The number of primary amides is 1.